The van der Waals surface area contributed by atoms with Crippen molar-refractivity contribution in [2.24, 2.45) is 11.5 Å². The normalized spacial score (nSPS) is 11.7. The maximum absolute atomic E-state index is 11.5. The van der Waals surface area contributed by atoms with Gasteiger partial charge < -0.3 is 41.8 Å². The number of amides is 2. The first-order chi connectivity index (χ1) is 19.3. The Morgan fingerprint density at radius 1 is 0.625 bits per heavy atom. The van der Waals surface area contributed by atoms with Gasteiger partial charge in [-0.1, -0.05) is 60.7 Å². The number of nitrogens with one attached hydrogen (secondary N) is 2. The van der Waals surface area contributed by atoms with Crippen molar-refractivity contribution in [1.82, 2.24) is 10.6 Å². The minimum absolute atomic E-state index is 0.113. The number of rotatable bonds is 16. The Kier molecular flexibility index (Phi) is 17.6. The van der Waals surface area contributed by atoms with Crippen LogP contribution >= 0.6 is 0 Å². The van der Waals surface area contributed by atoms with Crippen LogP contribution in [0.5, 0.6) is 0 Å². The summed E-state index contributed by atoms with van der Waals surface area (Å²) in [6, 6.07) is 16.5. The third-order valence-corrected chi connectivity index (χ3v) is 5.50. The van der Waals surface area contributed by atoms with Gasteiger partial charge in [-0.05, 0) is 62.7 Å². The minimum Gasteiger partial charge on any atom is -0.480 e. The van der Waals surface area contributed by atoms with Crippen LogP contribution in [0.1, 0.15) is 49.7 Å². The van der Waals surface area contributed by atoms with Gasteiger partial charge in [-0.2, -0.15) is 0 Å². The summed E-state index contributed by atoms with van der Waals surface area (Å²) >= 11 is 0. The lowest BCUT2D eigenvalue weighted by atomic mass is 10.1. The molecule has 2 aromatic carbocycles. The van der Waals surface area contributed by atoms with Gasteiger partial charge in [0.2, 0.25) is 0 Å². The van der Waals surface area contributed by atoms with Gasteiger partial charge in [0.1, 0.15) is 25.3 Å². The summed E-state index contributed by atoms with van der Waals surface area (Å²) in [5.74, 6) is -2.14. The van der Waals surface area contributed by atoms with Crippen LogP contribution in [-0.4, -0.2) is 59.5 Å². The van der Waals surface area contributed by atoms with Crippen LogP contribution < -0.4 is 22.1 Å². The van der Waals surface area contributed by atoms with Crippen molar-refractivity contribution in [1.29, 1.82) is 0 Å². The Morgan fingerprint density at radius 3 is 1.27 bits per heavy atom. The van der Waals surface area contributed by atoms with E-state index < -0.39 is 36.2 Å². The van der Waals surface area contributed by atoms with Crippen molar-refractivity contribution in [3.05, 3.63) is 71.8 Å². The summed E-state index contributed by atoms with van der Waals surface area (Å²) in [6.45, 7) is 1.24. The number of benzene rings is 2. The first-order valence-electron chi connectivity index (χ1n) is 13.1. The topological polar surface area (TPSA) is 203 Å². The number of hydrogen-bond acceptors (Lipinski definition) is 8. The smallest absolute Gasteiger partial charge is 0.408 e. The molecular formula is C28H40N4O8. The van der Waals surface area contributed by atoms with Crippen LogP contribution in [0.25, 0.3) is 0 Å². The predicted octanol–water partition coefficient (Wildman–Crippen LogP) is 2.99. The predicted molar refractivity (Wildman–Crippen MR) is 148 cm³/mol. The van der Waals surface area contributed by atoms with Crippen LogP contribution in [-0.2, 0) is 32.3 Å². The zero-order chi connectivity index (χ0) is 29.6. The monoisotopic (exact) mass is 560 g/mol. The number of carbonyl (C=O) groups is 4. The molecule has 220 valence electrons. The third kappa shape index (κ3) is 15.9. The molecule has 2 atom stereocenters. The van der Waals surface area contributed by atoms with Crippen LogP contribution in [0.4, 0.5) is 9.59 Å². The van der Waals surface area contributed by atoms with E-state index in [2.05, 4.69) is 10.6 Å². The van der Waals surface area contributed by atoms with E-state index in [9.17, 15) is 19.2 Å². The lowest BCUT2D eigenvalue weighted by Gasteiger charge is -2.14. The summed E-state index contributed by atoms with van der Waals surface area (Å²) in [4.78, 5) is 45.1. The van der Waals surface area contributed by atoms with Crippen molar-refractivity contribution in [2.75, 3.05) is 13.1 Å². The average Bonchev–Trinajstić information content (AvgIpc) is 2.95. The molecule has 12 nitrogen and oxygen atoms in total. The molecule has 0 saturated heterocycles. The number of hydrogen-bond donors (Lipinski definition) is 6. The quantitative estimate of drug-likeness (QED) is 0.166. The Morgan fingerprint density at radius 2 is 0.975 bits per heavy atom. The van der Waals surface area contributed by atoms with E-state index in [4.69, 9.17) is 31.2 Å². The highest BCUT2D eigenvalue weighted by atomic mass is 16.6. The summed E-state index contributed by atoms with van der Waals surface area (Å²) in [5.41, 5.74) is 12.4. The number of carbonyl (C=O) groups excluding carboxylic acids is 2. The van der Waals surface area contributed by atoms with E-state index in [-0.39, 0.29) is 13.2 Å². The number of carboxylic acids is 2. The van der Waals surface area contributed by atoms with E-state index in [0.29, 0.717) is 38.8 Å². The molecule has 0 aliphatic carbocycles. The second kappa shape index (κ2) is 20.8. The Labute approximate surface area is 234 Å². The number of aliphatic carboxylic acids is 2. The second-order valence-corrected chi connectivity index (χ2v) is 8.76. The van der Waals surface area contributed by atoms with E-state index in [0.717, 1.165) is 24.0 Å². The Bertz CT molecular complexity index is 926. The first kappa shape index (κ1) is 33.9. The van der Waals surface area contributed by atoms with Gasteiger partial charge in [0.25, 0.3) is 0 Å². The maximum atomic E-state index is 11.5. The molecule has 0 aliphatic heterocycles. The molecule has 2 amide bonds. The molecule has 2 rings (SSSR count). The molecule has 8 N–H and O–H groups in total. The lowest BCUT2D eigenvalue weighted by Crippen LogP contribution is -2.41. The van der Waals surface area contributed by atoms with Gasteiger partial charge in [0, 0.05) is 0 Å². The molecular weight excluding hydrogens is 520 g/mol. The van der Waals surface area contributed by atoms with E-state index in [1.165, 1.54) is 0 Å². The Hall–Kier alpha value is -4.16. The zero-order valence-electron chi connectivity index (χ0n) is 22.5. The highest BCUT2D eigenvalue weighted by Crippen LogP contribution is 2.05. The standard InChI is InChI=1S/2C14H20N2O4/c2*15-9-5-4-8-12(13(17)18)16-14(19)20-10-11-6-2-1-3-7-11/h2*1-3,6-7,12H,4-5,8-10,15H2,(H,16,19)(H,17,18)/t2*12-/m00/s1. The molecule has 0 saturated carbocycles. The van der Waals surface area contributed by atoms with E-state index in [1.807, 2.05) is 60.7 Å². The summed E-state index contributed by atoms with van der Waals surface area (Å²) in [6.07, 6.45) is 1.97. The minimum atomic E-state index is -1.07. The third-order valence-electron chi connectivity index (χ3n) is 5.50. The lowest BCUT2D eigenvalue weighted by molar-refractivity contribution is -0.140. The van der Waals surface area contributed by atoms with Gasteiger partial charge >= 0.3 is 24.1 Å². The average molecular weight is 561 g/mol. The maximum Gasteiger partial charge on any atom is 0.408 e. The SMILES string of the molecule is NCCCC[C@H](NC(=O)OCc1ccccc1)C(=O)O.NCCCC[C@H](NC(=O)OCc1ccccc1)C(=O)O. The Balaban J connectivity index is 0.000000400. The zero-order valence-corrected chi connectivity index (χ0v) is 22.5. The fourth-order valence-electron chi connectivity index (χ4n) is 3.31. The van der Waals surface area contributed by atoms with Crippen molar-refractivity contribution < 1.29 is 38.9 Å². The second-order valence-electron chi connectivity index (χ2n) is 8.76. The summed E-state index contributed by atoms with van der Waals surface area (Å²) in [5, 5.41) is 22.7. The van der Waals surface area contributed by atoms with Crippen molar-refractivity contribution >= 4 is 24.1 Å². The molecule has 2 aromatic rings. The summed E-state index contributed by atoms with van der Waals surface area (Å²) < 4.78 is 9.95. The summed E-state index contributed by atoms with van der Waals surface area (Å²) in [7, 11) is 0. The van der Waals surface area contributed by atoms with Gasteiger partial charge in [0.15, 0.2) is 0 Å². The largest absolute Gasteiger partial charge is 0.480 e. The van der Waals surface area contributed by atoms with Crippen molar-refractivity contribution in [2.45, 2.75) is 63.8 Å². The van der Waals surface area contributed by atoms with Gasteiger partial charge in [0.05, 0.1) is 0 Å². The highest BCUT2D eigenvalue weighted by Gasteiger charge is 2.21. The van der Waals surface area contributed by atoms with Gasteiger partial charge in [-0.3, -0.25) is 0 Å². The number of unbranched alkanes of at least 4 members (excludes halogenated alkanes) is 2. The number of carboxylic acid groups (broad SMARTS) is 2. The molecule has 0 fully saturated rings. The van der Waals surface area contributed by atoms with E-state index >= 15 is 0 Å². The van der Waals surface area contributed by atoms with Crippen LogP contribution in [0, 0.1) is 0 Å². The molecule has 12 heteroatoms. The molecule has 0 aromatic heterocycles. The molecule has 0 radical (unpaired) electrons. The number of alkyl carbamates (subject to hydrolysis) is 2. The first-order valence-corrected chi connectivity index (χ1v) is 13.1. The van der Waals surface area contributed by atoms with E-state index in [1.54, 1.807) is 0 Å². The highest BCUT2D eigenvalue weighted by molar-refractivity contribution is 5.80. The fourth-order valence-corrected chi connectivity index (χ4v) is 3.31. The molecule has 0 unspecified atom stereocenters. The fraction of sp³-hybridized carbons (Fsp3) is 0.429. The van der Waals surface area contributed by atoms with Gasteiger partial charge in [-0.15, -0.1) is 0 Å². The molecule has 0 spiro atoms. The molecule has 40 heavy (non-hydrogen) atoms. The van der Waals surface area contributed by atoms with Crippen LogP contribution in [0.3, 0.4) is 0 Å². The van der Waals surface area contributed by atoms with Crippen LogP contribution in [0.15, 0.2) is 60.7 Å². The van der Waals surface area contributed by atoms with Crippen molar-refractivity contribution in [3.8, 4) is 0 Å². The number of ether oxygens (including phenoxy) is 2. The molecule has 0 heterocycles. The molecule has 0 bridgehead atoms. The number of nitrogens with two attached hydrogens (primary N) is 2. The van der Waals surface area contributed by atoms with Crippen LogP contribution in [0.2, 0.25) is 0 Å². The van der Waals surface area contributed by atoms with Gasteiger partial charge in [-0.25, -0.2) is 19.2 Å². The van der Waals surface area contributed by atoms with Crippen molar-refractivity contribution in [3.63, 3.8) is 0 Å². The molecule has 0 aliphatic rings.